The normalized spacial score (nSPS) is 13.5. The standard InChI is InChI=1S/C20H23N5O4S/c1-13-12-18(23-29-13)21-19(26)9-10-24-15(3)20(14(2)22-24)30(27,28)25-11-8-16-6-4-5-7-17(16)25/h4-7,12H,8-11H2,1-3H3,(H,21,23,26). The predicted octanol–water partition coefficient (Wildman–Crippen LogP) is 2.58. The van der Waals surface area contributed by atoms with Crippen molar-refractivity contribution in [3.8, 4) is 0 Å². The average molecular weight is 430 g/mol. The second-order valence-corrected chi connectivity index (χ2v) is 9.10. The second-order valence-electron chi connectivity index (χ2n) is 7.30. The van der Waals surface area contributed by atoms with E-state index in [4.69, 9.17) is 4.52 Å². The monoisotopic (exact) mass is 429 g/mol. The summed E-state index contributed by atoms with van der Waals surface area (Å²) in [6.07, 6.45) is 0.809. The van der Waals surface area contributed by atoms with Crippen LogP contribution in [-0.4, -0.2) is 35.8 Å². The number of aryl methyl sites for hydroxylation is 3. The van der Waals surface area contributed by atoms with Crippen molar-refractivity contribution in [3.05, 3.63) is 53.0 Å². The van der Waals surface area contributed by atoms with Gasteiger partial charge in [0.15, 0.2) is 5.82 Å². The van der Waals surface area contributed by atoms with E-state index in [-0.39, 0.29) is 23.8 Å². The largest absolute Gasteiger partial charge is 0.360 e. The molecule has 2 aromatic heterocycles. The molecule has 1 aromatic carbocycles. The van der Waals surface area contributed by atoms with Crippen molar-refractivity contribution in [1.82, 2.24) is 14.9 Å². The van der Waals surface area contributed by atoms with Gasteiger partial charge in [0.25, 0.3) is 10.0 Å². The minimum atomic E-state index is -3.75. The first-order chi connectivity index (χ1) is 14.3. The first kappa shape index (κ1) is 20.1. The number of hydrogen-bond donors (Lipinski definition) is 1. The number of sulfonamides is 1. The van der Waals surface area contributed by atoms with Crippen molar-refractivity contribution in [2.24, 2.45) is 0 Å². The fraction of sp³-hybridized carbons (Fsp3) is 0.350. The van der Waals surface area contributed by atoms with E-state index < -0.39 is 10.0 Å². The number of benzene rings is 1. The molecule has 3 heterocycles. The summed E-state index contributed by atoms with van der Waals surface area (Å²) in [7, 11) is -3.75. The molecule has 0 saturated heterocycles. The Bertz CT molecular complexity index is 1210. The van der Waals surface area contributed by atoms with Crippen molar-refractivity contribution < 1.29 is 17.7 Å². The number of fused-ring (bicyclic) bond motifs is 1. The van der Waals surface area contributed by atoms with Crippen molar-refractivity contribution in [2.75, 3.05) is 16.2 Å². The molecule has 158 valence electrons. The minimum Gasteiger partial charge on any atom is -0.360 e. The zero-order valence-corrected chi connectivity index (χ0v) is 17.9. The molecule has 4 rings (SSSR count). The van der Waals surface area contributed by atoms with E-state index in [1.54, 1.807) is 31.5 Å². The Morgan fingerprint density at radius 1 is 1.23 bits per heavy atom. The van der Waals surface area contributed by atoms with E-state index >= 15 is 0 Å². The molecule has 0 atom stereocenters. The van der Waals surface area contributed by atoms with Gasteiger partial charge in [-0.2, -0.15) is 5.10 Å². The van der Waals surface area contributed by atoms with E-state index in [1.807, 2.05) is 24.3 Å². The van der Waals surface area contributed by atoms with E-state index in [2.05, 4.69) is 15.6 Å². The van der Waals surface area contributed by atoms with Crippen LogP contribution in [0, 0.1) is 20.8 Å². The number of nitrogens with zero attached hydrogens (tertiary/aromatic N) is 4. The lowest BCUT2D eigenvalue weighted by atomic mass is 10.2. The number of amides is 1. The van der Waals surface area contributed by atoms with Gasteiger partial charge in [-0.1, -0.05) is 23.4 Å². The lowest BCUT2D eigenvalue weighted by Gasteiger charge is -2.19. The molecule has 0 spiro atoms. The van der Waals surface area contributed by atoms with E-state index in [1.165, 1.54) is 4.31 Å². The number of aromatic nitrogens is 3. The Balaban J connectivity index is 1.53. The molecule has 3 aromatic rings. The molecular weight excluding hydrogens is 406 g/mol. The summed E-state index contributed by atoms with van der Waals surface area (Å²) in [6, 6.07) is 9.15. The van der Waals surface area contributed by atoms with E-state index in [0.717, 1.165) is 5.56 Å². The predicted molar refractivity (Wildman–Crippen MR) is 111 cm³/mol. The van der Waals surface area contributed by atoms with Crippen LogP contribution in [0.5, 0.6) is 0 Å². The quantitative estimate of drug-likeness (QED) is 0.645. The van der Waals surface area contributed by atoms with Gasteiger partial charge in [-0.15, -0.1) is 0 Å². The van der Waals surface area contributed by atoms with Crippen molar-refractivity contribution in [1.29, 1.82) is 0 Å². The lowest BCUT2D eigenvalue weighted by Crippen LogP contribution is -2.30. The molecule has 30 heavy (non-hydrogen) atoms. The highest BCUT2D eigenvalue weighted by Gasteiger charge is 2.34. The van der Waals surface area contributed by atoms with Gasteiger partial charge in [-0.25, -0.2) is 8.42 Å². The van der Waals surface area contributed by atoms with Crippen LogP contribution in [0.4, 0.5) is 11.5 Å². The van der Waals surface area contributed by atoms with Crippen LogP contribution in [0.15, 0.2) is 39.8 Å². The molecular formula is C20H23N5O4S. The van der Waals surface area contributed by atoms with Crippen LogP contribution in [0.3, 0.4) is 0 Å². The number of anilines is 2. The fourth-order valence-electron chi connectivity index (χ4n) is 3.78. The summed E-state index contributed by atoms with van der Waals surface area (Å²) in [5.74, 6) is 0.692. The molecule has 0 fully saturated rings. The number of rotatable bonds is 6. The molecule has 1 N–H and O–H groups in total. The smallest absolute Gasteiger partial charge is 0.268 e. The summed E-state index contributed by atoms with van der Waals surface area (Å²) in [4.78, 5) is 12.4. The zero-order valence-electron chi connectivity index (χ0n) is 17.0. The number of nitrogens with one attached hydrogen (secondary N) is 1. The van der Waals surface area contributed by atoms with Crippen LogP contribution in [-0.2, 0) is 27.8 Å². The number of hydrogen-bond acceptors (Lipinski definition) is 6. The van der Waals surface area contributed by atoms with Gasteiger partial charge in [-0.05, 0) is 38.8 Å². The Morgan fingerprint density at radius 3 is 2.73 bits per heavy atom. The molecule has 0 radical (unpaired) electrons. The highest BCUT2D eigenvalue weighted by atomic mass is 32.2. The highest BCUT2D eigenvalue weighted by molar-refractivity contribution is 7.93. The third-order valence-corrected chi connectivity index (χ3v) is 7.22. The first-order valence-corrected chi connectivity index (χ1v) is 11.1. The molecule has 0 saturated carbocycles. The number of para-hydroxylation sites is 1. The Kier molecular flexibility index (Phi) is 5.10. The summed E-state index contributed by atoms with van der Waals surface area (Å²) in [5.41, 5.74) is 2.67. The summed E-state index contributed by atoms with van der Waals surface area (Å²) < 4.78 is 34.8. The molecule has 0 bridgehead atoms. The molecule has 0 aliphatic carbocycles. The maximum absolute atomic E-state index is 13.4. The Morgan fingerprint density at radius 2 is 2.00 bits per heavy atom. The summed E-state index contributed by atoms with van der Waals surface area (Å²) in [6.45, 7) is 5.79. The fourth-order valence-corrected chi connectivity index (χ4v) is 5.66. The van der Waals surface area contributed by atoms with Crippen LogP contribution in [0.1, 0.15) is 29.1 Å². The molecule has 10 heteroatoms. The van der Waals surface area contributed by atoms with Crippen LogP contribution >= 0.6 is 0 Å². The van der Waals surface area contributed by atoms with Gasteiger partial charge in [0.1, 0.15) is 10.7 Å². The van der Waals surface area contributed by atoms with Crippen LogP contribution in [0.2, 0.25) is 0 Å². The van der Waals surface area contributed by atoms with Gasteiger partial charge in [0, 0.05) is 19.0 Å². The molecule has 0 unspecified atom stereocenters. The van der Waals surface area contributed by atoms with E-state index in [0.29, 0.717) is 41.6 Å². The molecule has 1 amide bonds. The minimum absolute atomic E-state index is 0.125. The second kappa shape index (κ2) is 7.60. The average Bonchev–Trinajstić information content (AvgIpc) is 3.37. The van der Waals surface area contributed by atoms with Crippen LogP contribution < -0.4 is 9.62 Å². The topological polar surface area (TPSA) is 110 Å². The first-order valence-electron chi connectivity index (χ1n) is 9.65. The van der Waals surface area contributed by atoms with Crippen LogP contribution in [0.25, 0.3) is 0 Å². The van der Waals surface area contributed by atoms with Gasteiger partial charge < -0.3 is 9.84 Å². The van der Waals surface area contributed by atoms with Crippen molar-refractivity contribution in [3.63, 3.8) is 0 Å². The number of carbonyl (C=O) groups excluding carboxylic acids is 1. The van der Waals surface area contributed by atoms with Crippen molar-refractivity contribution in [2.45, 2.75) is 45.1 Å². The van der Waals surface area contributed by atoms with E-state index in [9.17, 15) is 13.2 Å². The summed E-state index contributed by atoms with van der Waals surface area (Å²) >= 11 is 0. The SMILES string of the molecule is Cc1cc(NC(=O)CCn2nc(C)c(S(=O)(=O)N3CCc4ccccc43)c2C)no1. The van der Waals surface area contributed by atoms with Gasteiger partial charge in [0.2, 0.25) is 5.91 Å². The lowest BCUT2D eigenvalue weighted by molar-refractivity contribution is -0.116. The van der Waals surface area contributed by atoms with Gasteiger partial charge >= 0.3 is 0 Å². The maximum Gasteiger partial charge on any atom is 0.268 e. The Hall–Kier alpha value is -3.14. The maximum atomic E-state index is 13.4. The third-order valence-electron chi connectivity index (χ3n) is 5.15. The van der Waals surface area contributed by atoms with Gasteiger partial charge in [-0.3, -0.25) is 13.8 Å². The molecule has 1 aliphatic rings. The highest BCUT2D eigenvalue weighted by Crippen LogP contribution is 2.34. The third kappa shape index (κ3) is 3.58. The Labute approximate surface area is 174 Å². The zero-order chi connectivity index (χ0) is 21.5. The van der Waals surface area contributed by atoms with Gasteiger partial charge in [0.05, 0.1) is 23.6 Å². The summed E-state index contributed by atoms with van der Waals surface area (Å²) in [5, 5.41) is 10.8. The van der Waals surface area contributed by atoms with Crippen molar-refractivity contribution >= 4 is 27.4 Å². The number of carbonyl (C=O) groups is 1. The molecule has 9 nitrogen and oxygen atoms in total. The molecule has 1 aliphatic heterocycles.